The van der Waals surface area contributed by atoms with Crippen molar-refractivity contribution < 1.29 is 19.0 Å². The molecule has 2 aromatic carbocycles. The molecular formula is C21H24ClNO4. The number of halogens is 1. The lowest BCUT2D eigenvalue weighted by Crippen LogP contribution is -2.20. The summed E-state index contributed by atoms with van der Waals surface area (Å²) >= 11 is 6.09. The van der Waals surface area contributed by atoms with Gasteiger partial charge in [0.05, 0.1) is 18.4 Å². The SMILES string of the molecule is Cc1ccc(NC(=O)COCc2ccccc2Cl)c(OCC2CCCO2)c1. The number of amides is 1. The Labute approximate surface area is 164 Å². The second-order valence-corrected chi connectivity index (χ2v) is 6.99. The van der Waals surface area contributed by atoms with Crippen LogP contribution in [0, 0.1) is 6.92 Å². The summed E-state index contributed by atoms with van der Waals surface area (Å²) in [6.07, 6.45) is 2.19. The maximum absolute atomic E-state index is 12.2. The predicted molar refractivity (Wildman–Crippen MR) is 105 cm³/mol. The third-order valence-electron chi connectivity index (χ3n) is 4.31. The fraction of sp³-hybridized carbons (Fsp3) is 0.381. The maximum atomic E-state index is 12.2. The molecule has 5 nitrogen and oxygen atoms in total. The Kier molecular flexibility index (Phi) is 7.10. The van der Waals surface area contributed by atoms with Crippen molar-refractivity contribution in [2.45, 2.75) is 32.5 Å². The molecule has 1 N–H and O–H groups in total. The van der Waals surface area contributed by atoms with Crippen LogP contribution in [0.2, 0.25) is 5.02 Å². The molecule has 27 heavy (non-hydrogen) atoms. The minimum Gasteiger partial charge on any atom is -0.489 e. The first-order valence-corrected chi connectivity index (χ1v) is 9.45. The summed E-state index contributed by atoms with van der Waals surface area (Å²) in [5.41, 5.74) is 2.54. The average Bonchev–Trinajstić information content (AvgIpc) is 3.17. The summed E-state index contributed by atoms with van der Waals surface area (Å²) in [5, 5.41) is 3.48. The molecule has 0 bridgehead atoms. The van der Waals surface area contributed by atoms with Crippen molar-refractivity contribution in [3.05, 3.63) is 58.6 Å². The number of aryl methyl sites for hydroxylation is 1. The molecule has 0 radical (unpaired) electrons. The highest BCUT2D eigenvalue weighted by Gasteiger charge is 2.17. The Balaban J connectivity index is 1.52. The van der Waals surface area contributed by atoms with Crippen LogP contribution < -0.4 is 10.1 Å². The molecule has 0 aromatic heterocycles. The second-order valence-electron chi connectivity index (χ2n) is 6.58. The quantitative estimate of drug-likeness (QED) is 0.728. The van der Waals surface area contributed by atoms with Gasteiger partial charge in [-0.1, -0.05) is 35.9 Å². The smallest absolute Gasteiger partial charge is 0.250 e. The molecule has 1 unspecified atom stereocenters. The first-order valence-electron chi connectivity index (χ1n) is 9.08. The third-order valence-corrected chi connectivity index (χ3v) is 4.68. The topological polar surface area (TPSA) is 56.8 Å². The first-order chi connectivity index (χ1) is 13.1. The summed E-state index contributed by atoms with van der Waals surface area (Å²) in [6.45, 7) is 3.47. The van der Waals surface area contributed by atoms with Crippen LogP contribution in [-0.4, -0.2) is 31.8 Å². The van der Waals surface area contributed by atoms with Gasteiger partial charge < -0.3 is 19.5 Å². The minimum absolute atomic E-state index is 0.0652. The fourth-order valence-corrected chi connectivity index (χ4v) is 3.06. The molecule has 1 atom stereocenters. The van der Waals surface area contributed by atoms with Crippen LogP contribution in [0.15, 0.2) is 42.5 Å². The first kappa shape index (κ1) is 19.7. The maximum Gasteiger partial charge on any atom is 0.250 e. The molecule has 0 aliphatic carbocycles. The number of benzene rings is 2. The van der Waals surface area contributed by atoms with E-state index in [1.807, 2.05) is 43.3 Å². The van der Waals surface area contributed by atoms with Gasteiger partial charge in [-0.3, -0.25) is 4.79 Å². The molecule has 0 saturated carbocycles. The van der Waals surface area contributed by atoms with E-state index in [0.29, 0.717) is 23.1 Å². The summed E-state index contributed by atoms with van der Waals surface area (Å²) in [5.74, 6) is 0.401. The number of carbonyl (C=O) groups excluding carboxylic acids is 1. The molecule has 0 spiro atoms. The lowest BCUT2D eigenvalue weighted by atomic mass is 10.2. The molecule has 144 valence electrons. The predicted octanol–water partition coefficient (Wildman–Crippen LogP) is 4.36. The molecule has 1 fully saturated rings. The number of anilines is 1. The zero-order valence-electron chi connectivity index (χ0n) is 15.4. The Hall–Kier alpha value is -2.08. The van der Waals surface area contributed by atoms with Gasteiger partial charge in [-0.2, -0.15) is 0 Å². The summed E-state index contributed by atoms with van der Waals surface area (Å²) in [7, 11) is 0. The van der Waals surface area contributed by atoms with Crippen LogP contribution in [0.3, 0.4) is 0 Å². The van der Waals surface area contributed by atoms with Gasteiger partial charge in [0.1, 0.15) is 19.0 Å². The Morgan fingerprint density at radius 2 is 2.15 bits per heavy atom. The minimum atomic E-state index is -0.243. The van der Waals surface area contributed by atoms with Gasteiger partial charge in [0.15, 0.2) is 0 Å². The normalized spacial score (nSPS) is 16.3. The standard InChI is InChI=1S/C21H24ClNO4/c1-15-8-9-19(20(11-15)27-13-17-6-4-10-26-17)23-21(24)14-25-12-16-5-2-3-7-18(16)22/h2-3,5,7-9,11,17H,4,6,10,12-14H2,1H3,(H,23,24). The highest BCUT2D eigenvalue weighted by Crippen LogP contribution is 2.27. The van der Waals surface area contributed by atoms with Crippen molar-refractivity contribution in [3.8, 4) is 5.75 Å². The number of hydrogen-bond acceptors (Lipinski definition) is 4. The van der Waals surface area contributed by atoms with Crippen LogP contribution in [0.25, 0.3) is 0 Å². The van der Waals surface area contributed by atoms with E-state index in [2.05, 4.69) is 5.32 Å². The van der Waals surface area contributed by atoms with E-state index >= 15 is 0 Å². The van der Waals surface area contributed by atoms with E-state index in [0.717, 1.165) is 30.6 Å². The van der Waals surface area contributed by atoms with Gasteiger partial charge in [-0.25, -0.2) is 0 Å². The van der Waals surface area contributed by atoms with Gasteiger partial charge in [-0.15, -0.1) is 0 Å². The van der Waals surface area contributed by atoms with Crippen molar-refractivity contribution in [2.75, 3.05) is 25.1 Å². The van der Waals surface area contributed by atoms with Gasteiger partial charge in [0, 0.05) is 11.6 Å². The summed E-state index contributed by atoms with van der Waals surface area (Å²) < 4.78 is 17.0. The zero-order valence-corrected chi connectivity index (χ0v) is 16.1. The van der Waals surface area contributed by atoms with Crippen LogP contribution in [0.5, 0.6) is 5.75 Å². The van der Waals surface area contributed by atoms with E-state index in [-0.39, 0.29) is 25.2 Å². The monoisotopic (exact) mass is 389 g/mol. The van der Waals surface area contributed by atoms with Gasteiger partial charge in [0.2, 0.25) is 5.91 Å². The third kappa shape index (κ3) is 5.96. The van der Waals surface area contributed by atoms with Gasteiger partial charge in [0.25, 0.3) is 0 Å². The Morgan fingerprint density at radius 3 is 2.93 bits per heavy atom. The summed E-state index contributed by atoms with van der Waals surface area (Å²) in [6, 6.07) is 13.1. The largest absolute Gasteiger partial charge is 0.489 e. The van der Waals surface area contributed by atoms with Crippen LogP contribution in [-0.2, 0) is 20.9 Å². The van der Waals surface area contributed by atoms with Gasteiger partial charge in [-0.05, 0) is 49.1 Å². The molecule has 1 aliphatic rings. The van der Waals surface area contributed by atoms with Crippen molar-refractivity contribution in [2.24, 2.45) is 0 Å². The van der Waals surface area contributed by atoms with E-state index in [4.69, 9.17) is 25.8 Å². The highest BCUT2D eigenvalue weighted by atomic mass is 35.5. The number of rotatable bonds is 8. The van der Waals surface area contributed by atoms with Crippen LogP contribution in [0.1, 0.15) is 24.0 Å². The van der Waals surface area contributed by atoms with Crippen LogP contribution in [0.4, 0.5) is 5.69 Å². The molecule has 2 aromatic rings. The second kappa shape index (κ2) is 9.74. The Bertz CT molecular complexity index is 775. The summed E-state index contributed by atoms with van der Waals surface area (Å²) in [4.78, 5) is 12.2. The van der Waals surface area contributed by atoms with Crippen LogP contribution >= 0.6 is 11.6 Å². The zero-order chi connectivity index (χ0) is 19.1. The molecule has 6 heteroatoms. The lowest BCUT2D eigenvalue weighted by molar-refractivity contribution is -0.121. The van der Waals surface area contributed by atoms with Crippen molar-refractivity contribution in [1.29, 1.82) is 0 Å². The lowest BCUT2D eigenvalue weighted by Gasteiger charge is -2.16. The molecule has 1 amide bonds. The Morgan fingerprint density at radius 1 is 1.30 bits per heavy atom. The molecule has 1 aliphatic heterocycles. The molecular weight excluding hydrogens is 366 g/mol. The number of nitrogens with one attached hydrogen (secondary N) is 1. The molecule has 1 saturated heterocycles. The highest BCUT2D eigenvalue weighted by molar-refractivity contribution is 6.31. The molecule has 3 rings (SSSR count). The van der Waals surface area contributed by atoms with E-state index in [9.17, 15) is 4.79 Å². The number of ether oxygens (including phenoxy) is 3. The fourth-order valence-electron chi connectivity index (χ4n) is 2.87. The van der Waals surface area contributed by atoms with Gasteiger partial charge >= 0.3 is 0 Å². The average molecular weight is 390 g/mol. The van der Waals surface area contributed by atoms with Crippen molar-refractivity contribution >= 4 is 23.2 Å². The molecule has 1 heterocycles. The van der Waals surface area contributed by atoms with Crippen molar-refractivity contribution in [3.63, 3.8) is 0 Å². The van der Waals surface area contributed by atoms with Crippen molar-refractivity contribution in [1.82, 2.24) is 0 Å². The van der Waals surface area contributed by atoms with E-state index in [1.165, 1.54) is 0 Å². The van der Waals surface area contributed by atoms with E-state index < -0.39 is 0 Å². The van der Waals surface area contributed by atoms with E-state index in [1.54, 1.807) is 6.07 Å². The number of hydrogen-bond donors (Lipinski definition) is 1. The number of carbonyl (C=O) groups is 1.